The molecule has 0 aliphatic rings. The van der Waals surface area contributed by atoms with Gasteiger partial charge in [-0.25, -0.2) is 4.74 Å². The van der Waals surface area contributed by atoms with Gasteiger partial charge < -0.3 is 0 Å². The Labute approximate surface area is 219 Å². The van der Waals surface area contributed by atoms with Crippen molar-refractivity contribution < 1.29 is 0 Å². The van der Waals surface area contributed by atoms with Gasteiger partial charge in [0.25, 0.3) is 7.51 Å². The summed E-state index contributed by atoms with van der Waals surface area (Å²) in [7, 11) is 20.3. The predicted molar refractivity (Wildman–Crippen MR) is 166 cm³/mol. The lowest BCUT2D eigenvalue weighted by Crippen LogP contribution is -2.35. The summed E-state index contributed by atoms with van der Waals surface area (Å²) in [6.45, 7) is 11.0. The van der Waals surface area contributed by atoms with Crippen molar-refractivity contribution in [2.45, 2.75) is 26.3 Å². The molecular weight excluding hydrogens is 518 g/mol. The van der Waals surface area contributed by atoms with Gasteiger partial charge in [0.1, 0.15) is 7.36 Å². The summed E-state index contributed by atoms with van der Waals surface area (Å²) >= 11 is 0. The average molecular weight is 577 g/mol. The first kappa shape index (κ1) is 35.8. The van der Waals surface area contributed by atoms with Crippen LogP contribution in [0.1, 0.15) is 20.8 Å². The lowest BCUT2D eigenvalue weighted by atomic mass is 10.1. The fourth-order valence-electron chi connectivity index (χ4n) is 3.56. The van der Waals surface area contributed by atoms with Crippen LogP contribution in [0.15, 0.2) is 13.8 Å². The Kier molecular flexibility index (Phi) is 13.1. The van der Waals surface area contributed by atoms with E-state index in [4.69, 9.17) is 13.8 Å². The highest BCUT2D eigenvalue weighted by molar-refractivity contribution is 7.85. The normalized spacial score (nSPS) is 16.3. The second-order valence-electron chi connectivity index (χ2n) is 11.4. The van der Waals surface area contributed by atoms with Gasteiger partial charge in [0, 0.05) is 28.2 Å². The molecule has 0 rings (SSSR count). The van der Waals surface area contributed by atoms with Gasteiger partial charge in [-0.2, -0.15) is 18.4 Å². The molecule has 0 aliphatic heterocycles. The van der Waals surface area contributed by atoms with Crippen LogP contribution in [0.2, 0.25) is 0 Å². The molecule has 0 bridgehead atoms. The van der Waals surface area contributed by atoms with Gasteiger partial charge in [-0.15, -0.1) is 0 Å². The van der Waals surface area contributed by atoms with Crippen LogP contribution in [0.3, 0.4) is 0 Å². The van der Waals surface area contributed by atoms with Crippen molar-refractivity contribution in [3.05, 3.63) is 0 Å². The Morgan fingerprint density at radius 2 is 0.943 bits per heavy atom. The fourth-order valence-corrected chi connectivity index (χ4v) is 19.9. The van der Waals surface area contributed by atoms with E-state index in [9.17, 15) is 0 Å². The highest BCUT2D eigenvalue weighted by Crippen LogP contribution is 2.75. The zero-order valence-corrected chi connectivity index (χ0v) is 29.8. The molecule has 0 saturated carbocycles. The standard InChI is InChI=1S/C20H58N11P4/c1-20(2,3)21-34(22-32(18,25(4)5)26(6)7,23-33(19,27(8)9)28(10)11)24-35(29(12)13,30(14)15)31(16)17/h22H,1-19H3/q+1. The zero-order chi connectivity index (χ0) is 28.4. The molecule has 0 aromatic carbocycles. The molecule has 1 unspecified atom stereocenters. The minimum Gasteiger partial charge on any atom is -0.264 e. The van der Waals surface area contributed by atoms with E-state index in [-0.39, 0.29) is 5.54 Å². The van der Waals surface area contributed by atoms with E-state index >= 15 is 0 Å². The van der Waals surface area contributed by atoms with Crippen LogP contribution >= 0.6 is 30.1 Å². The summed E-state index contributed by atoms with van der Waals surface area (Å²) in [4.78, 5) is 4.08. The number of nitrogens with zero attached hydrogens (tertiary/aromatic N) is 10. The van der Waals surface area contributed by atoms with Gasteiger partial charge in [-0.05, 0) is 97.9 Å². The van der Waals surface area contributed by atoms with Crippen molar-refractivity contribution in [2.75, 3.05) is 112 Å². The number of hydrogen-bond acceptors (Lipinski definition) is 3. The summed E-state index contributed by atoms with van der Waals surface area (Å²) < 4.78 is 32.9. The first-order chi connectivity index (χ1) is 15.4. The van der Waals surface area contributed by atoms with E-state index in [2.05, 4.69) is 170 Å². The van der Waals surface area contributed by atoms with Crippen LogP contribution in [0, 0.1) is 0 Å². The fraction of sp³-hybridized carbons (Fsp3) is 1.00. The van der Waals surface area contributed by atoms with Crippen molar-refractivity contribution in [3.63, 3.8) is 0 Å². The number of hydrogen-bond donors (Lipinski definition) is 1. The highest BCUT2D eigenvalue weighted by atomic mass is 31.3. The van der Waals surface area contributed by atoms with Crippen LogP contribution in [0.4, 0.5) is 0 Å². The Balaban J connectivity index is 8.44. The SMILES string of the molecule is CN(C)P(C)(=NP(=NC(C)(C)C)(N=P(N(C)C)(N(C)C)N(C)C)N[P+](C)(N(C)C)N(C)C)N(C)C. The minimum atomic E-state index is -2.88. The average Bonchev–Trinajstić information content (AvgIpc) is 2.62. The summed E-state index contributed by atoms with van der Waals surface area (Å²) in [5.41, 5.74) is -0.346. The molecule has 1 atom stereocenters. The molecule has 0 aromatic heterocycles. The molecule has 35 heavy (non-hydrogen) atoms. The summed E-state index contributed by atoms with van der Waals surface area (Å²) in [6, 6.07) is 0. The predicted octanol–water partition coefficient (Wildman–Crippen LogP) is 5.25. The molecule has 15 heteroatoms. The molecule has 212 valence electrons. The van der Waals surface area contributed by atoms with E-state index in [0.29, 0.717) is 0 Å². The maximum Gasteiger partial charge on any atom is 0.291 e. The Hall–Kier alpha value is 0.800. The second-order valence-corrected chi connectivity index (χ2v) is 25.2. The first-order valence-corrected chi connectivity index (χ1v) is 19.2. The zero-order valence-electron chi connectivity index (χ0n) is 26.3. The van der Waals surface area contributed by atoms with Gasteiger partial charge >= 0.3 is 0 Å². The molecule has 0 radical (unpaired) electrons. The lowest BCUT2D eigenvalue weighted by molar-refractivity contribution is 0.475. The van der Waals surface area contributed by atoms with E-state index in [1.54, 1.807) is 0 Å². The molecule has 0 aliphatic carbocycles. The Morgan fingerprint density at radius 1 is 0.600 bits per heavy atom. The molecule has 0 aromatic rings. The third-order valence-electron chi connectivity index (χ3n) is 5.99. The summed E-state index contributed by atoms with van der Waals surface area (Å²) in [5, 5.41) is 0. The van der Waals surface area contributed by atoms with Crippen molar-refractivity contribution in [2.24, 2.45) is 13.8 Å². The molecular formula is C20H58N11P4+. The minimum absolute atomic E-state index is 0.346. The van der Waals surface area contributed by atoms with Crippen LogP contribution in [0.5, 0.6) is 0 Å². The number of nitrogens with one attached hydrogen (secondary N) is 1. The maximum absolute atomic E-state index is 5.83. The molecule has 0 spiro atoms. The van der Waals surface area contributed by atoms with E-state index in [0.717, 1.165) is 0 Å². The van der Waals surface area contributed by atoms with Crippen molar-refractivity contribution in [1.82, 2.24) is 37.6 Å². The molecule has 1 N–H and O–H groups in total. The summed E-state index contributed by atoms with van der Waals surface area (Å²) in [6.07, 6.45) is 0. The Bertz CT molecular complexity index is 807. The van der Waals surface area contributed by atoms with E-state index in [1.807, 2.05) is 0 Å². The smallest absolute Gasteiger partial charge is 0.264 e. The highest BCUT2D eigenvalue weighted by Gasteiger charge is 2.48. The Morgan fingerprint density at radius 3 is 1.17 bits per heavy atom. The van der Waals surface area contributed by atoms with Gasteiger partial charge in [0.15, 0.2) is 7.51 Å². The third-order valence-corrected chi connectivity index (χ3v) is 23.1. The van der Waals surface area contributed by atoms with Crippen LogP contribution in [-0.2, 0) is 0 Å². The largest absolute Gasteiger partial charge is 0.291 e. The third kappa shape index (κ3) is 8.39. The van der Waals surface area contributed by atoms with Crippen molar-refractivity contribution >= 4 is 30.1 Å². The van der Waals surface area contributed by atoms with E-state index in [1.165, 1.54) is 0 Å². The molecule has 0 saturated heterocycles. The molecule has 0 amide bonds. The molecule has 11 nitrogen and oxygen atoms in total. The van der Waals surface area contributed by atoms with Crippen LogP contribution < -0.4 is 4.86 Å². The van der Waals surface area contributed by atoms with Gasteiger partial charge in [0.05, 0.1) is 12.2 Å². The van der Waals surface area contributed by atoms with Gasteiger partial charge in [0.2, 0.25) is 7.71 Å². The van der Waals surface area contributed by atoms with Crippen LogP contribution in [-0.4, -0.2) is 150 Å². The van der Waals surface area contributed by atoms with Crippen LogP contribution in [0.25, 0.3) is 0 Å². The second kappa shape index (κ2) is 12.8. The topological polar surface area (TPSA) is 71.8 Å². The van der Waals surface area contributed by atoms with Gasteiger partial charge in [-0.1, -0.05) is 4.86 Å². The summed E-state index contributed by atoms with van der Waals surface area (Å²) in [5.74, 6) is 0. The lowest BCUT2D eigenvalue weighted by Gasteiger charge is -2.44. The quantitative estimate of drug-likeness (QED) is 0.335. The maximum atomic E-state index is 5.83. The molecule has 0 fully saturated rings. The van der Waals surface area contributed by atoms with Gasteiger partial charge in [-0.3, -0.25) is 23.4 Å². The molecule has 0 heterocycles. The van der Waals surface area contributed by atoms with E-state index < -0.39 is 30.1 Å². The first-order valence-electron chi connectivity index (χ1n) is 11.7. The van der Waals surface area contributed by atoms with Crippen molar-refractivity contribution in [3.8, 4) is 0 Å². The number of rotatable bonds is 11. The monoisotopic (exact) mass is 576 g/mol. The van der Waals surface area contributed by atoms with Crippen molar-refractivity contribution in [1.29, 1.82) is 0 Å².